The van der Waals surface area contributed by atoms with Crippen molar-refractivity contribution in [2.24, 2.45) is 5.73 Å². The number of hydrogen-bond donors (Lipinski definition) is 1. The summed E-state index contributed by atoms with van der Waals surface area (Å²) < 4.78 is 11.7. The summed E-state index contributed by atoms with van der Waals surface area (Å²) in [5.41, 5.74) is 7.50. The van der Waals surface area contributed by atoms with E-state index in [1.54, 1.807) is 29.2 Å². The first-order valence-electron chi connectivity index (χ1n) is 10.5. The summed E-state index contributed by atoms with van der Waals surface area (Å²) in [6.07, 6.45) is 1.46. The maximum atomic E-state index is 13.2. The van der Waals surface area contributed by atoms with E-state index in [1.165, 1.54) is 0 Å². The van der Waals surface area contributed by atoms with E-state index in [-0.39, 0.29) is 18.3 Å². The van der Waals surface area contributed by atoms with Gasteiger partial charge in [0.1, 0.15) is 18.1 Å². The second-order valence-electron chi connectivity index (χ2n) is 7.79. The third kappa shape index (κ3) is 3.71. The van der Waals surface area contributed by atoms with E-state index in [2.05, 4.69) is 6.07 Å². The van der Waals surface area contributed by atoms with Gasteiger partial charge < -0.3 is 19.8 Å². The summed E-state index contributed by atoms with van der Waals surface area (Å²) in [6.45, 7) is 0.770. The standard InChI is InChI=1S/C26H22N2O4/c27-25(29)22-7-3-9-23-21(22)8-4-14-28(23)26(30)24-13-12-20(32-24)16-31-19-11-10-17-5-1-2-6-18(17)15-19/h1-3,5-7,9-13,15H,4,8,14,16H2,(H2,27,29). The van der Waals surface area contributed by atoms with Gasteiger partial charge in [0, 0.05) is 17.8 Å². The Morgan fingerprint density at radius 2 is 1.81 bits per heavy atom. The van der Waals surface area contributed by atoms with Gasteiger partial charge in [0.25, 0.3) is 5.91 Å². The minimum Gasteiger partial charge on any atom is -0.486 e. The number of anilines is 1. The number of ether oxygens (including phenoxy) is 1. The Bertz CT molecular complexity index is 1320. The van der Waals surface area contributed by atoms with Gasteiger partial charge in [-0.2, -0.15) is 0 Å². The number of carbonyl (C=O) groups excluding carboxylic acids is 2. The van der Waals surface area contributed by atoms with Crippen molar-refractivity contribution >= 4 is 28.3 Å². The number of benzene rings is 3. The number of carbonyl (C=O) groups is 2. The molecule has 0 spiro atoms. The second-order valence-corrected chi connectivity index (χ2v) is 7.79. The molecule has 0 aliphatic carbocycles. The molecule has 0 atom stereocenters. The van der Waals surface area contributed by atoms with E-state index in [1.807, 2.05) is 42.5 Å². The van der Waals surface area contributed by atoms with E-state index >= 15 is 0 Å². The number of hydrogen-bond acceptors (Lipinski definition) is 4. The predicted molar refractivity (Wildman–Crippen MR) is 122 cm³/mol. The van der Waals surface area contributed by atoms with E-state index < -0.39 is 5.91 Å². The number of primary amides is 1. The van der Waals surface area contributed by atoms with E-state index in [0.29, 0.717) is 30.0 Å². The minimum absolute atomic E-state index is 0.216. The largest absolute Gasteiger partial charge is 0.486 e. The van der Waals surface area contributed by atoms with Crippen LogP contribution in [0.1, 0.15) is 38.7 Å². The van der Waals surface area contributed by atoms with Gasteiger partial charge in [-0.3, -0.25) is 9.59 Å². The average Bonchev–Trinajstić information content (AvgIpc) is 3.30. The zero-order valence-corrected chi connectivity index (χ0v) is 17.4. The summed E-state index contributed by atoms with van der Waals surface area (Å²) in [4.78, 5) is 26.6. The van der Waals surface area contributed by atoms with E-state index in [4.69, 9.17) is 14.9 Å². The highest BCUT2D eigenvalue weighted by Gasteiger charge is 2.28. The molecule has 2 amide bonds. The van der Waals surface area contributed by atoms with Crippen LogP contribution < -0.4 is 15.4 Å². The van der Waals surface area contributed by atoms with Gasteiger partial charge in [0.15, 0.2) is 5.76 Å². The van der Waals surface area contributed by atoms with Gasteiger partial charge in [-0.15, -0.1) is 0 Å². The van der Waals surface area contributed by atoms with Gasteiger partial charge in [-0.05, 0) is 65.6 Å². The Morgan fingerprint density at radius 1 is 0.969 bits per heavy atom. The van der Waals surface area contributed by atoms with Crippen molar-refractivity contribution in [3.8, 4) is 5.75 Å². The Hall–Kier alpha value is -4.06. The van der Waals surface area contributed by atoms with Crippen LogP contribution in [0.4, 0.5) is 5.69 Å². The molecule has 1 aliphatic rings. The smallest absolute Gasteiger partial charge is 0.293 e. The van der Waals surface area contributed by atoms with Gasteiger partial charge in [0.05, 0.1) is 0 Å². The number of nitrogens with two attached hydrogens (primary N) is 1. The maximum Gasteiger partial charge on any atom is 0.293 e. The SMILES string of the molecule is NC(=O)c1cccc2c1CCCN2C(=O)c1ccc(COc2ccc3ccccc3c2)o1. The molecule has 3 aromatic carbocycles. The zero-order chi connectivity index (χ0) is 22.1. The number of amides is 2. The van der Waals surface area contributed by atoms with Gasteiger partial charge in [-0.1, -0.05) is 36.4 Å². The highest BCUT2D eigenvalue weighted by atomic mass is 16.5. The molecule has 0 bridgehead atoms. The van der Waals surface area contributed by atoms with Crippen molar-refractivity contribution in [3.63, 3.8) is 0 Å². The summed E-state index contributed by atoms with van der Waals surface area (Å²) in [6, 6.07) is 22.7. The normalized spacial score (nSPS) is 13.1. The molecule has 2 N–H and O–H groups in total. The molecular formula is C26H22N2O4. The van der Waals surface area contributed by atoms with Crippen LogP contribution in [-0.2, 0) is 13.0 Å². The van der Waals surface area contributed by atoms with E-state index in [0.717, 1.165) is 28.5 Å². The molecule has 0 saturated heterocycles. The lowest BCUT2D eigenvalue weighted by Crippen LogP contribution is -2.36. The molecule has 32 heavy (non-hydrogen) atoms. The first kappa shape index (κ1) is 19.9. The number of rotatable bonds is 5. The summed E-state index contributed by atoms with van der Waals surface area (Å²) in [5, 5.41) is 2.24. The third-order valence-corrected chi connectivity index (χ3v) is 5.74. The van der Waals surface area contributed by atoms with Crippen LogP contribution in [0.3, 0.4) is 0 Å². The fraction of sp³-hybridized carbons (Fsp3) is 0.154. The molecule has 0 unspecified atom stereocenters. The predicted octanol–water partition coefficient (Wildman–Crippen LogP) is 4.70. The molecule has 1 aromatic heterocycles. The lowest BCUT2D eigenvalue weighted by Gasteiger charge is -2.29. The lowest BCUT2D eigenvalue weighted by atomic mass is 9.95. The number of furan rings is 1. The summed E-state index contributed by atoms with van der Waals surface area (Å²) >= 11 is 0. The average molecular weight is 426 g/mol. The molecule has 0 fully saturated rings. The second kappa shape index (κ2) is 8.23. The zero-order valence-electron chi connectivity index (χ0n) is 17.4. The molecule has 4 aromatic rings. The topological polar surface area (TPSA) is 85.8 Å². The first-order valence-corrected chi connectivity index (χ1v) is 10.5. The Balaban J connectivity index is 1.32. The molecular weight excluding hydrogens is 404 g/mol. The molecule has 0 radical (unpaired) electrons. The van der Waals surface area contributed by atoms with Crippen molar-refractivity contribution < 1.29 is 18.7 Å². The highest BCUT2D eigenvalue weighted by Crippen LogP contribution is 2.31. The van der Waals surface area contributed by atoms with Crippen molar-refractivity contribution in [1.29, 1.82) is 0 Å². The first-order chi connectivity index (χ1) is 15.6. The third-order valence-electron chi connectivity index (χ3n) is 5.74. The molecule has 6 nitrogen and oxygen atoms in total. The van der Waals surface area contributed by atoms with Gasteiger partial charge >= 0.3 is 0 Å². The highest BCUT2D eigenvalue weighted by molar-refractivity contribution is 6.06. The van der Waals surface area contributed by atoms with Crippen molar-refractivity contribution in [2.75, 3.05) is 11.4 Å². The lowest BCUT2D eigenvalue weighted by molar-refractivity contribution is 0.0951. The van der Waals surface area contributed by atoms with Gasteiger partial charge in [0.2, 0.25) is 5.91 Å². The van der Waals surface area contributed by atoms with Crippen LogP contribution in [0.15, 0.2) is 77.2 Å². The van der Waals surface area contributed by atoms with Crippen molar-refractivity contribution in [2.45, 2.75) is 19.4 Å². The summed E-state index contributed by atoms with van der Waals surface area (Å²) in [5.74, 6) is 0.799. The molecule has 2 heterocycles. The molecule has 5 rings (SSSR count). The number of fused-ring (bicyclic) bond motifs is 2. The van der Waals surface area contributed by atoms with Crippen LogP contribution in [0.5, 0.6) is 5.75 Å². The molecule has 160 valence electrons. The quantitative estimate of drug-likeness (QED) is 0.501. The van der Waals surface area contributed by atoms with Crippen LogP contribution in [0.2, 0.25) is 0 Å². The van der Waals surface area contributed by atoms with Crippen molar-refractivity contribution in [3.05, 3.63) is 95.4 Å². The van der Waals surface area contributed by atoms with Crippen LogP contribution in [0, 0.1) is 0 Å². The van der Waals surface area contributed by atoms with Gasteiger partial charge in [-0.25, -0.2) is 0 Å². The Labute approximate surface area is 185 Å². The monoisotopic (exact) mass is 426 g/mol. The fourth-order valence-electron chi connectivity index (χ4n) is 4.18. The van der Waals surface area contributed by atoms with Crippen LogP contribution in [0.25, 0.3) is 10.8 Å². The molecule has 1 aliphatic heterocycles. The maximum absolute atomic E-state index is 13.2. The number of nitrogens with zero attached hydrogens (tertiary/aromatic N) is 1. The Kier molecular flexibility index (Phi) is 5.11. The van der Waals surface area contributed by atoms with Crippen LogP contribution >= 0.6 is 0 Å². The Morgan fingerprint density at radius 3 is 2.66 bits per heavy atom. The van der Waals surface area contributed by atoms with Crippen LogP contribution in [-0.4, -0.2) is 18.4 Å². The summed E-state index contributed by atoms with van der Waals surface area (Å²) in [7, 11) is 0. The fourth-order valence-corrected chi connectivity index (χ4v) is 4.18. The van der Waals surface area contributed by atoms with E-state index in [9.17, 15) is 9.59 Å². The van der Waals surface area contributed by atoms with Crippen molar-refractivity contribution in [1.82, 2.24) is 0 Å². The minimum atomic E-state index is -0.484. The molecule has 6 heteroatoms. The molecule has 0 saturated carbocycles.